The summed E-state index contributed by atoms with van der Waals surface area (Å²) in [5, 5.41) is 2.92. The Balaban J connectivity index is 0.00000208. The van der Waals surface area contributed by atoms with Crippen molar-refractivity contribution in [2.75, 3.05) is 18.4 Å². The smallest absolute Gasteiger partial charge is 0.254 e. The van der Waals surface area contributed by atoms with Crippen LogP contribution in [0.25, 0.3) is 0 Å². The highest BCUT2D eigenvalue weighted by atomic mass is 35.5. The van der Waals surface area contributed by atoms with Crippen LogP contribution in [-0.4, -0.2) is 35.8 Å². The largest absolute Gasteiger partial charge is 0.334 e. The van der Waals surface area contributed by atoms with Gasteiger partial charge >= 0.3 is 0 Å². The van der Waals surface area contributed by atoms with Gasteiger partial charge in [-0.05, 0) is 55.9 Å². The van der Waals surface area contributed by atoms with Crippen molar-refractivity contribution in [1.82, 2.24) is 4.90 Å². The molecule has 6 heteroatoms. The zero-order valence-electron chi connectivity index (χ0n) is 14.0. The zero-order chi connectivity index (χ0) is 16.4. The summed E-state index contributed by atoms with van der Waals surface area (Å²) in [4.78, 5) is 26.5. The molecule has 5 nitrogen and oxygen atoms in total. The molecule has 0 aromatic heterocycles. The predicted octanol–water partition coefficient (Wildman–Crippen LogP) is 2.66. The molecule has 132 valence electrons. The number of piperidine rings is 1. The number of halogens is 1. The van der Waals surface area contributed by atoms with Gasteiger partial charge in [0.2, 0.25) is 5.91 Å². The minimum atomic E-state index is 0. The summed E-state index contributed by atoms with van der Waals surface area (Å²) in [7, 11) is 0. The number of hydrogen-bond donors (Lipinski definition) is 2. The maximum Gasteiger partial charge on any atom is 0.254 e. The first-order chi connectivity index (χ1) is 11.1. The lowest BCUT2D eigenvalue weighted by Gasteiger charge is -2.35. The maximum absolute atomic E-state index is 12.6. The van der Waals surface area contributed by atoms with Gasteiger partial charge in [0.05, 0.1) is 0 Å². The topological polar surface area (TPSA) is 75.4 Å². The van der Waals surface area contributed by atoms with Gasteiger partial charge < -0.3 is 16.0 Å². The van der Waals surface area contributed by atoms with E-state index in [1.165, 1.54) is 0 Å². The molecule has 1 aliphatic carbocycles. The molecule has 1 saturated heterocycles. The third-order valence-corrected chi connectivity index (χ3v) is 5.01. The van der Waals surface area contributed by atoms with E-state index >= 15 is 0 Å². The summed E-state index contributed by atoms with van der Waals surface area (Å²) in [6.07, 6.45) is 4.12. The first kappa shape index (κ1) is 18.7. The molecule has 0 radical (unpaired) electrons. The van der Waals surface area contributed by atoms with Crippen molar-refractivity contribution in [1.29, 1.82) is 0 Å². The standard InChI is InChI=1S/C18H25N3O2.ClH/c1-12-10-16(12)17(22)20-14-7-5-13(6-8-14)18(23)21-9-3-2-4-15(21)11-19;/h5-8,12,15-16H,2-4,9-11,19H2,1H3,(H,20,22);1H. The molecule has 3 rings (SSSR count). The summed E-state index contributed by atoms with van der Waals surface area (Å²) in [5.74, 6) is 0.753. The molecule has 2 amide bonds. The van der Waals surface area contributed by atoms with Crippen LogP contribution in [0.1, 0.15) is 43.0 Å². The van der Waals surface area contributed by atoms with Crippen molar-refractivity contribution < 1.29 is 9.59 Å². The van der Waals surface area contributed by atoms with Crippen LogP contribution in [0.2, 0.25) is 0 Å². The Morgan fingerprint density at radius 3 is 2.50 bits per heavy atom. The summed E-state index contributed by atoms with van der Waals surface area (Å²) >= 11 is 0. The summed E-state index contributed by atoms with van der Waals surface area (Å²) in [6, 6.07) is 7.33. The van der Waals surface area contributed by atoms with Crippen molar-refractivity contribution in [3.63, 3.8) is 0 Å². The van der Waals surface area contributed by atoms with E-state index < -0.39 is 0 Å². The number of nitrogens with zero attached hydrogens (tertiary/aromatic N) is 1. The number of carbonyl (C=O) groups excluding carboxylic acids is 2. The fraction of sp³-hybridized carbons (Fsp3) is 0.556. The molecule has 1 saturated carbocycles. The normalized spacial score (nSPS) is 25.6. The maximum atomic E-state index is 12.6. The molecule has 2 aliphatic rings. The van der Waals surface area contributed by atoms with E-state index in [0.717, 1.165) is 37.9 Å². The molecule has 24 heavy (non-hydrogen) atoms. The van der Waals surface area contributed by atoms with E-state index in [0.29, 0.717) is 18.0 Å². The lowest BCUT2D eigenvalue weighted by atomic mass is 10.0. The van der Waals surface area contributed by atoms with Gasteiger partial charge in [-0.1, -0.05) is 6.92 Å². The number of hydrogen-bond acceptors (Lipinski definition) is 3. The van der Waals surface area contributed by atoms with Gasteiger partial charge in [-0.2, -0.15) is 0 Å². The summed E-state index contributed by atoms with van der Waals surface area (Å²) in [6.45, 7) is 3.37. The first-order valence-electron chi connectivity index (χ1n) is 8.52. The zero-order valence-corrected chi connectivity index (χ0v) is 14.8. The average Bonchev–Trinajstić information content (AvgIpc) is 3.32. The van der Waals surface area contributed by atoms with Gasteiger partial charge in [0.25, 0.3) is 5.91 Å². The van der Waals surface area contributed by atoms with Gasteiger partial charge in [0.15, 0.2) is 0 Å². The quantitative estimate of drug-likeness (QED) is 0.875. The van der Waals surface area contributed by atoms with Crippen molar-refractivity contribution in [2.45, 2.75) is 38.6 Å². The average molecular weight is 352 g/mol. The van der Waals surface area contributed by atoms with Crippen LogP contribution in [0, 0.1) is 11.8 Å². The lowest BCUT2D eigenvalue weighted by Crippen LogP contribution is -2.47. The van der Waals surface area contributed by atoms with Gasteiger partial charge in [-0.25, -0.2) is 0 Å². The Hall–Kier alpha value is -1.59. The van der Waals surface area contributed by atoms with E-state index in [-0.39, 0.29) is 36.2 Å². The van der Waals surface area contributed by atoms with Crippen LogP contribution in [0.4, 0.5) is 5.69 Å². The Labute approximate surface area is 149 Å². The van der Waals surface area contributed by atoms with Crippen LogP contribution < -0.4 is 11.1 Å². The SMILES string of the molecule is CC1CC1C(=O)Nc1ccc(C(=O)N2CCCCC2CN)cc1.Cl. The molecule has 2 fully saturated rings. The molecule has 1 aromatic carbocycles. The second-order valence-electron chi connectivity index (χ2n) is 6.77. The molecule has 0 bridgehead atoms. The molecule has 1 heterocycles. The molecule has 3 unspecified atom stereocenters. The van der Waals surface area contributed by atoms with Crippen LogP contribution in [0.5, 0.6) is 0 Å². The van der Waals surface area contributed by atoms with Crippen molar-refractivity contribution >= 4 is 29.9 Å². The minimum absolute atomic E-state index is 0. The lowest BCUT2D eigenvalue weighted by molar-refractivity contribution is -0.117. The molecule has 3 N–H and O–H groups in total. The highest BCUT2D eigenvalue weighted by Gasteiger charge is 2.39. The summed E-state index contributed by atoms with van der Waals surface area (Å²) < 4.78 is 0. The monoisotopic (exact) mass is 351 g/mol. The van der Waals surface area contributed by atoms with Crippen LogP contribution >= 0.6 is 12.4 Å². The number of nitrogens with one attached hydrogen (secondary N) is 1. The molecule has 1 aromatic rings. The highest BCUT2D eigenvalue weighted by Crippen LogP contribution is 2.38. The Morgan fingerprint density at radius 1 is 1.25 bits per heavy atom. The molecular formula is C18H26ClN3O2. The fourth-order valence-corrected chi connectivity index (χ4v) is 3.30. The van der Waals surface area contributed by atoms with E-state index in [4.69, 9.17) is 5.73 Å². The van der Waals surface area contributed by atoms with Gasteiger partial charge in [-0.15, -0.1) is 12.4 Å². The summed E-state index contributed by atoms with van der Waals surface area (Å²) in [5.41, 5.74) is 7.20. The highest BCUT2D eigenvalue weighted by molar-refractivity contribution is 5.97. The minimum Gasteiger partial charge on any atom is -0.334 e. The van der Waals surface area contributed by atoms with Gasteiger partial charge in [0.1, 0.15) is 0 Å². The van der Waals surface area contributed by atoms with Crippen LogP contribution in [0.15, 0.2) is 24.3 Å². The van der Waals surface area contributed by atoms with Crippen molar-refractivity contribution in [2.24, 2.45) is 17.6 Å². The number of benzene rings is 1. The second kappa shape index (κ2) is 7.99. The number of nitrogens with two attached hydrogens (primary N) is 1. The van der Waals surface area contributed by atoms with E-state index in [9.17, 15) is 9.59 Å². The number of carbonyl (C=O) groups is 2. The second-order valence-corrected chi connectivity index (χ2v) is 6.77. The fourth-order valence-electron chi connectivity index (χ4n) is 3.30. The van der Waals surface area contributed by atoms with Crippen molar-refractivity contribution in [3.05, 3.63) is 29.8 Å². The van der Waals surface area contributed by atoms with E-state index in [2.05, 4.69) is 12.2 Å². The van der Waals surface area contributed by atoms with Gasteiger partial charge in [0, 0.05) is 36.3 Å². The Bertz CT molecular complexity index is 590. The number of likely N-dealkylation sites (tertiary alicyclic amines) is 1. The third kappa shape index (κ3) is 4.08. The number of anilines is 1. The number of amides is 2. The molecular weight excluding hydrogens is 326 g/mol. The van der Waals surface area contributed by atoms with E-state index in [1.54, 1.807) is 24.3 Å². The van der Waals surface area contributed by atoms with Crippen molar-refractivity contribution in [3.8, 4) is 0 Å². The van der Waals surface area contributed by atoms with Crippen LogP contribution in [-0.2, 0) is 4.79 Å². The number of rotatable bonds is 4. The Kier molecular flexibility index (Phi) is 6.24. The molecule has 3 atom stereocenters. The Morgan fingerprint density at radius 2 is 1.92 bits per heavy atom. The van der Waals surface area contributed by atoms with Crippen LogP contribution in [0.3, 0.4) is 0 Å². The predicted molar refractivity (Wildman–Crippen MR) is 97.3 cm³/mol. The third-order valence-electron chi connectivity index (χ3n) is 5.01. The van der Waals surface area contributed by atoms with E-state index in [1.807, 2.05) is 4.90 Å². The first-order valence-corrected chi connectivity index (χ1v) is 8.52. The van der Waals surface area contributed by atoms with Gasteiger partial charge in [-0.3, -0.25) is 9.59 Å². The molecule has 1 aliphatic heterocycles. The molecule has 0 spiro atoms.